The van der Waals surface area contributed by atoms with Gasteiger partial charge in [0.2, 0.25) is 0 Å². The highest BCUT2D eigenvalue weighted by Gasteiger charge is 2.39. The minimum absolute atomic E-state index is 0.0495. The van der Waals surface area contributed by atoms with Gasteiger partial charge in [-0.1, -0.05) is 41.4 Å². The highest BCUT2D eigenvalue weighted by molar-refractivity contribution is 6.31. The Labute approximate surface area is 181 Å². The van der Waals surface area contributed by atoms with Crippen LogP contribution in [0.5, 0.6) is 0 Å². The Morgan fingerprint density at radius 2 is 1.97 bits per heavy atom. The molecule has 0 aliphatic heterocycles. The Hall–Kier alpha value is -1.81. The number of halogens is 2. The van der Waals surface area contributed by atoms with E-state index in [0.29, 0.717) is 18.4 Å². The number of rotatable bonds is 5. The highest BCUT2D eigenvalue weighted by atomic mass is 35.5. The molecule has 0 N–H and O–H groups in total. The zero-order chi connectivity index (χ0) is 19.8. The lowest BCUT2D eigenvalue weighted by Crippen LogP contribution is -2.31. The van der Waals surface area contributed by atoms with Crippen molar-refractivity contribution in [1.82, 2.24) is 9.55 Å². The van der Waals surface area contributed by atoms with Crippen molar-refractivity contribution in [2.24, 2.45) is 5.92 Å². The summed E-state index contributed by atoms with van der Waals surface area (Å²) >= 11 is 12.6. The van der Waals surface area contributed by atoms with Crippen LogP contribution < -0.4 is 0 Å². The maximum absolute atomic E-state index is 6.59. The second-order valence-electron chi connectivity index (χ2n) is 8.23. The van der Waals surface area contributed by atoms with Crippen molar-refractivity contribution in [3.63, 3.8) is 0 Å². The Balaban J connectivity index is 1.49. The van der Waals surface area contributed by atoms with E-state index in [1.807, 2.05) is 43.0 Å². The number of aromatic nitrogens is 2. The van der Waals surface area contributed by atoms with Gasteiger partial charge in [0.25, 0.3) is 0 Å². The monoisotopic (exact) mass is 426 g/mol. The molecule has 2 aliphatic carbocycles. The van der Waals surface area contributed by atoms with E-state index < -0.39 is 0 Å². The van der Waals surface area contributed by atoms with Gasteiger partial charge in [0, 0.05) is 34.9 Å². The number of ether oxygens (including phenoxy) is 1. The van der Waals surface area contributed by atoms with Gasteiger partial charge in [-0.15, -0.1) is 0 Å². The summed E-state index contributed by atoms with van der Waals surface area (Å²) in [6, 6.07) is 12.2. The molecule has 2 aliphatic rings. The number of nitrogens with zero attached hydrogens (tertiary/aromatic N) is 2. The lowest BCUT2D eigenvalue weighted by molar-refractivity contribution is -0.0193. The third-order valence-corrected chi connectivity index (χ3v) is 7.00. The summed E-state index contributed by atoms with van der Waals surface area (Å²) in [4.78, 5) is 4.23. The predicted octanol–water partition coefficient (Wildman–Crippen LogP) is 6.59. The van der Waals surface area contributed by atoms with Gasteiger partial charge < -0.3 is 9.30 Å². The second-order valence-corrected chi connectivity index (χ2v) is 9.07. The van der Waals surface area contributed by atoms with Gasteiger partial charge >= 0.3 is 0 Å². The van der Waals surface area contributed by atoms with Crippen LogP contribution in [-0.2, 0) is 24.3 Å². The van der Waals surface area contributed by atoms with E-state index in [0.717, 1.165) is 35.0 Å². The van der Waals surface area contributed by atoms with Crippen LogP contribution in [0.15, 0.2) is 55.1 Å². The molecule has 1 aromatic heterocycles. The first kappa shape index (κ1) is 19.2. The van der Waals surface area contributed by atoms with E-state index in [1.165, 1.54) is 29.5 Å². The van der Waals surface area contributed by atoms with Gasteiger partial charge in [0.1, 0.15) is 0 Å². The Morgan fingerprint density at radius 3 is 2.76 bits per heavy atom. The van der Waals surface area contributed by atoms with Crippen molar-refractivity contribution in [2.75, 3.05) is 0 Å². The molecule has 0 saturated heterocycles. The first-order chi connectivity index (χ1) is 14.2. The second kappa shape index (κ2) is 8.14. The van der Waals surface area contributed by atoms with E-state index in [2.05, 4.69) is 21.7 Å². The van der Waals surface area contributed by atoms with E-state index in [1.54, 1.807) is 0 Å². The Kier molecular flexibility index (Phi) is 5.38. The van der Waals surface area contributed by atoms with E-state index in [-0.39, 0.29) is 6.10 Å². The van der Waals surface area contributed by atoms with Crippen LogP contribution in [0.3, 0.4) is 0 Å². The minimum Gasteiger partial charge on any atom is -0.368 e. The van der Waals surface area contributed by atoms with Crippen molar-refractivity contribution < 1.29 is 4.74 Å². The fourth-order valence-corrected chi connectivity index (χ4v) is 5.50. The molecular formula is C24H24Cl2N2O. The molecule has 3 atom stereocenters. The van der Waals surface area contributed by atoms with E-state index in [4.69, 9.17) is 27.9 Å². The maximum Gasteiger partial charge on any atom is 0.0946 e. The van der Waals surface area contributed by atoms with Gasteiger partial charge in [-0.05, 0) is 72.1 Å². The maximum atomic E-state index is 6.59. The summed E-state index contributed by atoms with van der Waals surface area (Å²) in [6.07, 6.45) is 10.5. The summed E-state index contributed by atoms with van der Waals surface area (Å²) in [5, 5.41) is 1.66. The zero-order valence-corrected chi connectivity index (χ0v) is 17.7. The highest BCUT2D eigenvalue weighted by Crippen LogP contribution is 2.50. The normalized spacial score (nSPS) is 23.0. The lowest BCUT2D eigenvalue weighted by Gasteiger charge is -2.41. The molecule has 150 valence electrons. The largest absolute Gasteiger partial charge is 0.368 e. The predicted molar refractivity (Wildman–Crippen MR) is 116 cm³/mol. The third kappa shape index (κ3) is 3.84. The Bertz CT molecular complexity index is 985. The molecular weight excluding hydrogens is 403 g/mol. The molecule has 5 heteroatoms. The number of hydrogen-bond donors (Lipinski definition) is 0. The first-order valence-corrected chi connectivity index (χ1v) is 11.1. The first-order valence-electron chi connectivity index (χ1n) is 10.3. The summed E-state index contributed by atoms with van der Waals surface area (Å²) in [5.74, 6) is 0.984. The SMILES string of the molecule is Clc1ccc(COC2c3ccc(Cl)c4c3C(CCC4)CC2Cn2ccnc2)cc1. The van der Waals surface area contributed by atoms with Crippen LogP contribution in [0.1, 0.15) is 53.5 Å². The topological polar surface area (TPSA) is 27.1 Å². The lowest BCUT2D eigenvalue weighted by atomic mass is 9.68. The average molecular weight is 427 g/mol. The summed E-state index contributed by atoms with van der Waals surface area (Å²) in [6.45, 7) is 1.49. The molecule has 3 aromatic rings. The van der Waals surface area contributed by atoms with E-state index >= 15 is 0 Å². The van der Waals surface area contributed by atoms with E-state index in [9.17, 15) is 0 Å². The van der Waals surface area contributed by atoms with Crippen molar-refractivity contribution in [2.45, 2.75) is 50.9 Å². The summed E-state index contributed by atoms with van der Waals surface area (Å²) in [5.41, 5.74) is 5.29. The quantitative estimate of drug-likeness (QED) is 0.459. The van der Waals surface area contributed by atoms with Crippen molar-refractivity contribution in [1.29, 1.82) is 0 Å². The van der Waals surface area contributed by atoms with Gasteiger partial charge in [0.05, 0.1) is 19.0 Å². The standard InChI is InChI=1S/C24H24Cl2N2O/c25-19-6-4-16(5-7-19)14-29-24-18(13-28-11-10-27-15-28)12-17-2-1-3-20-22(26)9-8-21(24)23(17)20/h4-11,15,17-18,24H,1-3,12-14H2. The van der Waals surface area contributed by atoms with Crippen molar-refractivity contribution in [3.05, 3.63) is 87.4 Å². The van der Waals surface area contributed by atoms with Gasteiger partial charge in [-0.25, -0.2) is 4.98 Å². The van der Waals surface area contributed by atoms with Crippen LogP contribution in [0.25, 0.3) is 0 Å². The van der Waals surface area contributed by atoms with Crippen LogP contribution in [0, 0.1) is 5.92 Å². The van der Waals surface area contributed by atoms with Gasteiger partial charge in [-0.2, -0.15) is 0 Å². The molecule has 0 radical (unpaired) electrons. The molecule has 3 nitrogen and oxygen atoms in total. The molecule has 3 unspecified atom stereocenters. The molecule has 0 saturated carbocycles. The number of benzene rings is 2. The fraction of sp³-hybridized carbons (Fsp3) is 0.375. The molecule has 1 heterocycles. The van der Waals surface area contributed by atoms with Crippen LogP contribution >= 0.6 is 23.2 Å². The number of hydrogen-bond acceptors (Lipinski definition) is 2. The van der Waals surface area contributed by atoms with Crippen LogP contribution in [0.4, 0.5) is 0 Å². The number of imidazole rings is 1. The molecule has 0 spiro atoms. The molecule has 2 aromatic carbocycles. The molecule has 0 fully saturated rings. The van der Waals surface area contributed by atoms with Crippen molar-refractivity contribution >= 4 is 23.2 Å². The zero-order valence-electron chi connectivity index (χ0n) is 16.2. The van der Waals surface area contributed by atoms with Gasteiger partial charge in [0.15, 0.2) is 0 Å². The summed E-state index contributed by atoms with van der Waals surface area (Å²) in [7, 11) is 0. The van der Waals surface area contributed by atoms with Crippen molar-refractivity contribution in [3.8, 4) is 0 Å². The van der Waals surface area contributed by atoms with Crippen LogP contribution in [0.2, 0.25) is 10.0 Å². The molecule has 0 bridgehead atoms. The Morgan fingerprint density at radius 1 is 1.10 bits per heavy atom. The average Bonchev–Trinajstić information content (AvgIpc) is 3.24. The third-order valence-electron chi connectivity index (χ3n) is 6.39. The summed E-state index contributed by atoms with van der Waals surface area (Å²) < 4.78 is 8.76. The molecule has 29 heavy (non-hydrogen) atoms. The smallest absolute Gasteiger partial charge is 0.0946 e. The minimum atomic E-state index is 0.0495. The fourth-order valence-electron chi connectivity index (χ4n) is 5.12. The molecule has 5 rings (SSSR count). The van der Waals surface area contributed by atoms with Gasteiger partial charge in [-0.3, -0.25) is 0 Å². The van der Waals surface area contributed by atoms with Crippen LogP contribution in [-0.4, -0.2) is 9.55 Å². The molecule has 0 amide bonds.